The molecule has 1 saturated heterocycles. The molecule has 0 radical (unpaired) electrons. The Morgan fingerprint density at radius 3 is 2.79 bits per heavy atom. The second-order valence-electron chi connectivity index (χ2n) is 3.35. The summed E-state index contributed by atoms with van der Waals surface area (Å²) in [7, 11) is 0. The Morgan fingerprint density at radius 1 is 1.64 bits per heavy atom. The quantitative estimate of drug-likeness (QED) is 0.416. The maximum atomic E-state index is 10.7. The van der Waals surface area contributed by atoms with Crippen molar-refractivity contribution in [2.45, 2.75) is 31.8 Å². The summed E-state index contributed by atoms with van der Waals surface area (Å²) in [5.41, 5.74) is 8.10. The fraction of sp³-hybridized carbons (Fsp3) is 0.857. The molecule has 0 amide bonds. The molecule has 1 heterocycles. The summed E-state index contributed by atoms with van der Waals surface area (Å²) in [6, 6.07) is 0. The van der Waals surface area contributed by atoms with Crippen LogP contribution in [-0.2, 0) is 14.3 Å². The lowest BCUT2D eigenvalue weighted by molar-refractivity contribution is -0.165. The van der Waals surface area contributed by atoms with E-state index in [0.29, 0.717) is 0 Å². The molecule has 0 bridgehead atoms. The van der Waals surface area contributed by atoms with Crippen LogP contribution in [0.25, 0.3) is 10.4 Å². The van der Waals surface area contributed by atoms with Gasteiger partial charge in [-0.3, -0.25) is 0 Å². The molecule has 78 valence electrons. The summed E-state index contributed by atoms with van der Waals surface area (Å²) in [6.07, 6.45) is -1.80. The van der Waals surface area contributed by atoms with Crippen LogP contribution in [0.5, 0.6) is 0 Å². The fourth-order valence-corrected chi connectivity index (χ4v) is 1.30. The number of carboxylic acids is 1. The first kappa shape index (κ1) is 10.8. The molecule has 0 unspecified atom stereocenters. The predicted octanol–water partition coefficient (Wildman–Crippen LogP) is 0.901. The second kappa shape index (κ2) is 3.83. The maximum Gasteiger partial charge on any atom is 0.335 e. The number of carboxylic acid groups (broad SMARTS) is 1. The maximum absolute atomic E-state index is 10.7. The van der Waals surface area contributed by atoms with Crippen molar-refractivity contribution in [1.82, 2.24) is 0 Å². The highest BCUT2D eigenvalue weighted by Gasteiger charge is 2.44. The molecule has 2 atom stereocenters. The van der Waals surface area contributed by atoms with E-state index >= 15 is 0 Å². The fourth-order valence-electron chi connectivity index (χ4n) is 1.30. The second-order valence-corrected chi connectivity index (χ2v) is 3.35. The first-order valence-electron chi connectivity index (χ1n) is 4.05. The molecular formula is C7H11N3O4. The van der Waals surface area contributed by atoms with E-state index < -0.39 is 24.0 Å². The number of aliphatic carboxylic acids is 1. The van der Waals surface area contributed by atoms with Crippen LogP contribution >= 0.6 is 0 Å². The van der Waals surface area contributed by atoms with Crippen molar-refractivity contribution in [2.24, 2.45) is 5.11 Å². The Bertz CT molecular complexity index is 285. The predicted molar refractivity (Wildman–Crippen MR) is 45.5 cm³/mol. The molecule has 0 saturated carbocycles. The molecule has 1 aliphatic rings. The third-order valence-electron chi connectivity index (χ3n) is 1.75. The van der Waals surface area contributed by atoms with Gasteiger partial charge in [-0.2, -0.15) is 0 Å². The van der Waals surface area contributed by atoms with Gasteiger partial charge in [0.25, 0.3) is 0 Å². The molecule has 0 aliphatic carbocycles. The zero-order valence-electron chi connectivity index (χ0n) is 7.88. The first-order chi connectivity index (χ1) is 6.46. The van der Waals surface area contributed by atoms with E-state index in [1.54, 1.807) is 13.8 Å². The highest BCUT2D eigenvalue weighted by atomic mass is 16.8. The van der Waals surface area contributed by atoms with Crippen molar-refractivity contribution in [3.8, 4) is 0 Å². The van der Waals surface area contributed by atoms with Crippen molar-refractivity contribution >= 4 is 5.97 Å². The van der Waals surface area contributed by atoms with E-state index in [-0.39, 0.29) is 6.54 Å². The van der Waals surface area contributed by atoms with E-state index in [9.17, 15) is 4.79 Å². The van der Waals surface area contributed by atoms with E-state index in [0.717, 1.165) is 0 Å². The summed E-state index contributed by atoms with van der Waals surface area (Å²) in [5, 5.41) is 12.0. The van der Waals surface area contributed by atoms with Crippen molar-refractivity contribution < 1.29 is 19.4 Å². The number of azide groups is 1. The van der Waals surface area contributed by atoms with Gasteiger partial charge in [-0.25, -0.2) is 4.79 Å². The number of rotatable bonds is 3. The zero-order valence-corrected chi connectivity index (χ0v) is 7.88. The number of hydrogen-bond acceptors (Lipinski definition) is 4. The highest BCUT2D eigenvalue weighted by Crippen LogP contribution is 2.28. The van der Waals surface area contributed by atoms with E-state index in [1.807, 2.05) is 0 Å². The molecule has 0 spiro atoms. The summed E-state index contributed by atoms with van der Waals surface area (Å²) >= 11 is 0. The summed E-state index contributed by atoms with van der Waals surface area (Å²) in [5.74, 6) is -2.06. The lowest BCUT2D eigenvalue weighted by Gasteiger charge is -2.15. The van der Waals surface area contributed by atoms with E-state index in [4.69, 9.17) is 20.1 Å². The van der Waals surface area contributed by atoms with E-state index in [1.165, 1.54) is 0 Å². The van der Waals surface area contributed by atoms with Crippen LogP contribution in [0.1, 0.15) is 13.8 Å². The van der Waals surface area contributed by atoms with Crippen molar-refractivity contribution in [3.63, 3.8) is 0 Å². The summed E-state index contributed by atoms with van der Waals surface area (Å²) < 4.78 is 10.4. The SMILES string of the molecule is CC1(C)O[C@H](CN=[N+]=[N-])[C@H](C(=O)O)O1. The van der Waals surface area contributed by atoms with Crippen molar-refractivity contribution in [3.05, 3.63) is 10.4 Å². The van der Waals surface area contributed by atoms with Crippen molar-refractivity contribution in [2.75, 3.05) is 6.54 Å². The van der Waals surface area contributed by atoms with Gasteiger partial charge in [0.15, 0.2) is 11.9 Å². The Labute approximate surface area is 80.2 Å². The minimum atomic E-state index is -1.12. The van der Waals surface area contributed by atoms with Gasteiger partial charge in [0.1, 0.15) is 6.10 Å². The molecule has 1 aliphatic heterocycles. The third-order valence-corrected chi connectivity index (χ3v) is 1.75. The smallest absolute Gasteiger partial charge is 0.335 e. The molecule has 0 aromatic rings. The van der Waals surface area contributed by atoms with Gasteiger partial charge in [0, 0.05) is 4.91 Å². The molecule has 0 aromatic carbocycles. The van der Waals surface area contributed by atoms with Gasteiger partial charge < -0.3 is 14.6 Å². The summed E-state index contributed by atoms with van der Waals surface area (Å²) in [4.78, 5) is 13.3. The van der Waals surface area contributed by atoms with E-state index in [2.05, 4.69) is 10.0 Å². The van der Waals surface area contributed by atoms with Crippen LogP contribution in [0, 0.1) is 0 Å². The molecule has 7 heteroatoms. The van der Waals surface area contributed by atoms with Crippen LogP contribution in [0.2, 0.25) is 0 Å². The lowest BCUT2D eigenvalue weighted by Crippen LogP contribution is -2.33. The van der Waals surface area contributed by atoms with Gasteiger partial charge in [-0.1, -0.05) is 5.11 Å². The first-order valence-corrected chi connectivity index (χ1v) is 4.05. The third kappa shape index (κ3) is 2.35. The Morgan fingerprint density at radius 2 is 2.29 bits per heavy atom. The Kier molecular flexibility index (Phi) is 2.95. The zero-order chi connectivity index (χ0) is 10.8. The molecule has 0 aromatic heterocycles. The minimum absolute atomic E-state index is 0.0447. The van der Waals surface area contributed by atoms with Crippen LogP contribution in [-0.4, -0.2) is 35.6 Å². The Balaban J connectivity index is 2.72. The Hall–Kier alpha value is -1.30. The molecule has 1 rings (SSSR count). The van der Waals surface area contributed by atoms with Gasteiger partial charge in [0.2, 0.25) is 0 Å². The molecule has 7 nitrogen and oxygen atoms in total. The normalized spacial score (nSPS) is 29.6. The van der Waals surface area contributed by atoms with Crippen LogP contribution in [0.4, 0.5) is 0 Å². The van der Waals surface area contributed by atoms with Crippen LogP contribution < -0.4 is 0 Å². The number of carbonyl (C=O) groups is 1. The van der Waals surface area contributed by atoms with Gasteiger partial charge in [-0.15, -0.1) is 0 Å². The van der Waals surface area contributed by atoms with Crippen molar-refractivity contribution in [1.29, 1.82) is 0 Å². The molecule has 1 N–H and O–H groups in total. The number of hydrogen-bond donors (Lipinski definition) is 1. The molecule has 14 heavy (non-hydrogen) atoms. The monoisotopic (exact) mass is 201 g/mol. The molecule has 1 fully saturated rings. The van der Waals surface area contributed by atoms with Gasteiger partial charge in [-0.05, 0) is 19.4 Å². The number of ether oxygens (including phenoxy) is 2. The topological polar surface area (TPSA) is 105 Å². The van der Waals surface area contributed by atoms with Crippen LogP contribution in [0.3, 0.4) is 0 Å². The highest BCUT2D eigenvalue weighted by molar-refractivity contribution is 5.73. The largest absolute Gasteiger partial charge is 0.479 e. The molecular weight excluding hydrogens is 190 g/mol. The number of nitrogens with zero attached hydrogens (tertiary/aromatic N) is 3. The average molecular weight is 201 g/mol. The van der Waals surface area contributed by atoms with Gasteiger partial charge in [0.05, 0.1) is 6.54 Å². The van der Waals surface area contributed by atoms with Gasteiger partial charge >= 0.3 is 5.97 Å². The average Bonchev–Trinajstić information content (AvgIpc) is 2.38. The standard InChI is InChI=1S/C7H11N3O4/c1-7(2)13-4(3-9-10-8)5(14-7)6(11)12/h4-5H,3H2,1-2H3,(H,11,12)/t4-,5-/m1/s1. The lowest BCUT2D eigenvalue weighted by atomic mass is 10.2. The summed E-state index contributed by atoms with van der Waals surface area (Å²) in [6.45, 7) is 3.18. The minimum Gasteiger partial charge on any atom is -0.479 e. The van der Waals surface area contributed by atoms with Crippen LogP contribution in [0.15, 0.2) is 5.11 Å².